The van der Waals surface area contributed by atoms with Crippen molar-refractivity contribution in [2.75, 3.05) is 12.4 Å². The zero-order valence-electron chi connectivity index (χ0n) is 19.2. The minimum absolute atomic E-state index is 0.0936. The Morgan fingerprint density at radius 2 is 1.76 bits per heavy atom. The molecule has 3 rings (SSSR count). The average Bonchev–Trinajstić information content (AvgIpc) is 2.82. The van der Waals surface area contributed by atoms with Gasteiger partial charge in [0.05, 0.1) is 12.8 Å². The lowest BCUT2D eigenvalue weighted by atomic mass is 10.1. The number of hydrogen-bond donors (Lipinski definition) is 1. The Morgan fingerprint density at radius 1 is 1.06 bits per heavy atom. The highest BCUT2D eigenvalue weighted by Crippen LogP contribution is 2.25. The molecule has 0 heterocycles. The van der Waals surface area contributed by atoms with Crippen LogP contribution in [-0.2, 0) is 16.7 Å². The standard InChI is InChI=1S/C25H27FN2O5S/c1-4-18(2)28(25(29)27-23-10-5-6-11-24(23)32-3)17-19-8-7-9-21(16-19)33-34(30,31)22-14-12-20(26)13-15-22/h5-16,18H,4,17H2,1-3H3,(H,27,29). The van der Waals surface area contributed by atoms with Crippen LogP contribution in [0.15, 0.2) is 77.7 Å². The SMILES string of the molecule is CCC(C)N(Cc1cccc(OS(=O)(=O)c2ccc(F)cc2)c1)C(=O)Nc1ccccc1OC. The van der Waals surface area contributed by atoms with Gasteiger partial charge in [-0.15, -0.1) is 0 Å². The van der Waals surface area contributed by atoms with E-state index >= 15 is 0 Å². The number of ether oxygens (including phenoxy) is 1. The molecule has 180 valence electrons. The monoisotopic (exact) mass is 486 g/mol. The first-order valence-electron chi connectivity index (χ1n) is 10.7. The summed E-state index contributed by atoms with van der Waals surface area (Å²) in [7, 11) is -2.60. The van der Waals surface area contributed by atoms with E-state index in [1.807, 2.05) is 19.9 Å². The zero-order valence-corrected chi connectivity index (χ0v) is 20.0. The third-order valence-electron chi connectivity index (χ3n) is 5.29. The lowest BCUT2D eigenvalue weighted by Gasteiger charge is -2.29. The average molecular weight is 487 g/mol. The van der Waals surface area contributed by atoms with E-state index < -0.39 is 15.9 Å². The van der Waals surface area contributed by atoms with E-state index in [-0.39, 0.29) is 29.3 Å². The minimum Gasteiger partial charge on any atom is -0.495 e. The first kappa shape index (κ1) is 25.0. The smallest absolute Gasteiger partial charge is 0.339 e. The van der Waals surface area contributed by atoms with Crippen molar-refractivity contribution in [2.24, 2.45) is 0 Å². The van der Waals surface area contributed by atoms with Crippen LogP contribution in [0.2, 0.25) is 0 Å². The van der Waals surface area contributed by atoms with Crippen molar-refractivity contribution in [1.82, 2.24) is 4.90 Å². The van der Waals surface area contributed by atoms with Gasteiger partial charge in [0.25, 0.3) is 0 Å². The lowest BCUT2D eigenvalue weighted by Crippen LogP contribution is -2.40. The first-order valence-corrected chi connectivity index (χ1v) is 12.1. The Balaban J connectivity index is 1.79. The molecule has 0 saturated heterocycles. The van der Waals surface area contributed by atoms with Crippen LogP contribution in [0.5, 0.6) is 11.5 Å². The van der Waals surface area contributed by atoms with Crippen molar-refractivity contribution in [2.45, 2.75) is 37.8 Å². The second-order valence-electron chi connectivity index (χ2n) is 7.65. The molecule has 7 nitrogen and oxygen atoms in total. The largest absolute Gasteiger partial charge is 0.495 e. The molecule has 0 saturated carbocycles. The van der Waals surface area contributed by atoms with Crippen molar-refractivity contribution in [3.05, 3.63) is 84.2 Å². The fraction of sp³-hybridized carbons (Fsp3) is 0.240. The van der Waals surface area contributed by atoms with Crippen LogP contribution in [0.25, 0.3) is 0 Å². The highest BCUT2D eigenvalue weighted by molar-refractivity contribution is 7.87. The van der Waals surface area contributed by atoms with Crippen LogP contribution in [0.4, 0.5) is 14.9 Å². The molecule has 9 heteroatoms. The molecule has 1 N–H and O–H groups in total. The highest BCUT2D eigenvalue weighted by Gasteiger charge is 2.22. The topological polar surface area (TPSA) is 84.9 Å². The van der Waals surface area contributed by atoms with Gasteiger partial charge in [0.15, 0.2) is 0 Å². The molecule has 0 fully saturated rings. The van der Waals surface area contributed by atoms with Crippen molar-refractivity contribution in [3.8, 4) is 11.5 Å². The van der Waals surface area contributed by atoms with E-state index in [0.717, 1.165) is 24.3 Å². The van der Waals surface area contributed by atoms with Gasteiger partial charge in [0.2, 0.25) is 0 Å². The maximum atomic E-state index is 13.1. The van der Waals surface area contributed by atoms with Crippen molar-refractivity contribution in [1.29, 1.82) is 0 Å². The molecule has 0 aliphatic heterocycles. The Labute approximate surface area is 199 Å². The maximum absolute atomic E-state index is 13.1. The fourth-order valence-corrected chi connectivity index (χ4v) is 4.17. The number of urea groups is 1. The third-order valence-corrected chi connectivity index (χ3v) is 6.55. The Hall–Kier alpha value is -3.59. The zero-order chi connectivity index (χ0) is 24.7. The predicted octanol–water partition coefficient (Wildman–Crippen LogP) is 5.43. The first-order chi connectivity index (χ1) is 16.2. The van der Waals surface area contributed by atoms with Crippen LogP contribution in [0, 0.1) is 5.82 Å². The van der Waals surface area contributed by atoms with E-state index in [9.17, 15) is 17.6 Å². The van der Waals surface area contributed by atoms with Gasteiger partial charge in [0.1, 0.15) is 22.2 Å². The Kier molecular flexibility index (Phi) is 8.12. The number of methoxy groups -OCH3 is 1. The van der Waals surface area contributed by atoms with E-state index in [1.165, 1.54) is 13.2 Å². The molecule has 3 aromatic rings. The molecule has 3 aromatic carbocycles. The van der Waals surface area contributed by atoms with E-state index in [1.54, 1.807) is 41.3 Å². The van der Waals surface area contributed by atoms with Gasteiger partial charge in [-0.05, 0) is 67.4 Å². The maximum Gasteiger partial charge on any atom is 0.339 e. The number of nitrogens with zero attached hydrogens (tertiary/aromatic N) is 1. The molecule has 0 spiro atoms. The van der Waals surface area contributed by atoms with Gasteiger partial charge in [-0.3, -0.25) is 0 Å². The molecule has 0 radical (unpaired) electrons. The summed E-state index contributed by atoms with van der Waals surface area (Å²) in [5, 5.41) is 2.88. The fourth-order valence-electron chi connectivity index (χ4n) is 3.25. The summed E-state index contributed by atoms with van der Waals surface area (Å²) in [6.07, 6.45) is 0.717. The normalized spacial score (nSPS) is 12.0. The highest BCUT2D eigenvalue weighted by atomic mass is 32.2. The van der Waals surface area contributed by atoms with E-state index in [0.29, 0.717) is 23.4 Å². The van der Waals surface area contributed by atoms with E-state index in [4.69, 9.17) is 8.92 Å². The molecule has 1 unspecified atom stereocenters. The number of benzene rings is 3. The number of rotatable bonds is 9. The van der Waals surface area contributed by atoms with Crippen LogP contribution < -0.4 is 14.2 Å². The molecular formula is C25H27FN2O5S. The summed E-state index contributed by atoms with van der Waals surface area (Å²) in [5.74, 6) is 0.0925. The summed E-state index contributed by atoms with van der Waals surface area (Å²) >= 11 is 0. The molecule has 0 aliphatic rings. The number of anilines is 1. The molecule has 34 heavy (non-hydrogen) atoms. The number of carbonyl (C=O) groups excluding carboxylic acids is 1. The molecule has 0 aromatic heterocycles. The summed E-state index contributed by atoms with van der Waals surface area (Å²) < 4.78 is 48.8. The third kappa shape index (κ3) is 6.26. The van der Waals surface area contributed by atoms with Gasteiger partial charge in [0, 0.05) is 12.6 Å². The number of para-hydroxylation sites is 2. The summed E-state index contributed by atoms with van der Waals surface area (Å²) in [6, 6.07) is 17.6. The molecule has 0 aliphatic carbocycles. The lowest BCUT2D eigenvalue weighted by molar-refractivity contribution is 0.187. The number of hydrogen-bond acceptors (Lipinski definition) is 5. The Bertz CT molecular complexity index is 1230. The second-order valence-corrected chi connectivity index (χ2v) is 9.20. The Morgan fingerprint density at radius 3 is 2.44 bits per heavy atom. The number of halogens is 1. The van der Waals surface area contributed by atoms with E-state index in [2.05, 4.69) is 5.32 Å². The van der Waals surface area contributed by atoms with Crippen molar-refractivity contribution < 1.29 is 26.5 Å². The van der Waals surface area contributed by atoms with Crippen molar-refractivity contribution >= 4 is 21.8 Å². The number of carbonyl (C=O) groups is 1. The summed E-state index contributed by atoms with van der Waals surface area (Å²) in [6.45, 7) is 4.13. The minimum atomic E-state index is -4.13. The quantitative estimate of drug-likeness (QED) is 0.408. The van der Waals surface area contributed by atoms with Gasteiger partial charge in [-0.2, -0.15) is 8.42 Å². The molecule has 2 amide bonds. The summed E-state index contributed by atoms with van der Waals surface area (Å²) in [5.41, 5.74) is 1.23. The van der Waals surface area contributed by atoms with Crippen LogP contribution in [-0.4, -0.2) is 32.5 Å². The van der Waals surface area contributed by atoms with Gasteiger partial charge in [-0.25, -0.2) is 9.18 Å². The molecule has 0 bridgehead atoms. The predicted molar refractivity (Wildman–Crippen MR) is 128 cm³/mol. The van der Waals surface area contributed by atoms with Gasteiger partial charge < -0.3 is 19.1 Å². The van der Waals surface area contributed by atoms with Crippen LogP contribution in [0.1, 0.15) is 25.8 Å². The van der Waals surface area contributed by atoms with Crippen LogP contribution in [0.3, 0.4) is 0 Å². The number of amides is 2. The molecular weight excluding hydrogens is 459 g/mol. The summed E-state index contributed by atoms with van der Waals surface area (Å²) in [4.78, 5) is 14.6. The molecule has 1 atom stereocenters. The second kappa shape index (κ2) is 11.0. The van der Waals surface area contributed by atoms with Crippen molar-refractivity contribution in [3.63, 3.8) is 0 Å². The number of nitrogens with one attached hydrogen (secondary N) is 1. The van der Waals surface area contributed by atoms with Gasteiger partial charge >= 0.3 is 16.1 Å². The van der Waals surface area contributed by atoms with Crippen LogP contribution >= 0.6 is 0 Å². The van der Waals surface area contributed by atoms with Gasteiger partial charge in [-0.1, -0.05) is 31.2 Å².